The second kappa shape index (κ2) is 7.22. The summed E-state index contributed by atoms with van der Waals surface area (Å²) in [7, 11) is -2.89. The number of halogens is 3. The van der Waals surface area contributed by atoms with E-state index < -0.39 is 44.5 Å². The van der Waals surface area contributed by atoms with Gasteiger partial charge >= 0.3 is 0 Å². The molecule has 1 aliphatic carbocycles. The van der Waals surface area contributed by atoms with Crippen LogP contribution in [0.3, 0.4) is 0 Å². The lowest BCUT2D eigenvalue weighted by molar-refractivity contribution is 0.102. The molecule has 1 fully saturated rings. The van der Waals surface area contributed by atoms with Gasteiger partial charge in [-0.1, -0.05) is 0 Å². The summed E-state index contributed by atoms with van der Waals surface area (Å²) >= 11 is 0. The Morgan fingerprint density at radius 2 is 2.03 bits per heavy atom. The van der Waals surface area contributed by atoms with E-state index in [-0.39, 0.29) is 35.7 Å². The molecular formula is C19H18F3N5O3S. The molecule has 2 aliphatic rings. The SMILES string of the molecule is CN1C(N)=NC2(c3cc(NC(=O)c4ccc(F)cn4)ccc3F)CC(F)CC2S1(=O)=O. The lowest BCUT2D eigenvalue weighted by Gasteiger charge is -2.39. The summed E-state index contributed by atoms with van der Waals surface area (Å²) in [5.41, 5.74) is 3.83. The average Bonchev–Trinajstić information content (AvgIpc) is 3.06. The van der Waals surface area contributed by atoms with Crippen molar-refractivity contribution in [2.45, 2.75) is 29.8 Å². The van der Waals surface area contributed by atoms with Crippen LogP contribution in [0.4, 0.5) is 18.9 Å². The van der Waals surface area contributed by atoms with Crippen LogP contribution in [0.1, 0.15) is 28.9 Å². The predicted molar refractivity (Wildman–Crippen MR) is 106 cm³/mol. The number of hydrogen-bond donors (Lipinski definition) is 2. The number of benzene rings is 1. The summed E-state index contributed by atoms with van der Waals surface area (Å²) in [5.74, 6) is -2.50. The largest absolute Gasteiger partial charge is 0.369 e. The minimum absolute atomic E-state index is 0.0860. The summed E-state index contributed by atoms with van der Waals surface area (Å²) in [4.78, 5) is 20.3. The third kappa shape index (κ3) is 3.40. The maximum Gasteiger partial charge on any atom is 0.274 e. The Kier molecular flexibility index (Phi) is 4.91. The van der Waals surface area contributed by atoms with E-state index in [0.717, 1.165) is 22.6 Å². The van der Waals surface area contributed by atoms with Gasteiger partial charge in [0.15, 0.2) is 0 Å². The maximum atomic E-state index is 14.9. The van der Waals surface area contributed by atoms with E-state index >= 15 is 0 Å². The molecule has 2 aromatic rings. The number of rotatable bonds is 3. The average molecular weight is 453 g/mol. The molecule has 8 nitrogen and oxygen atoms in total. The zero-order valence-electron chi connectivity index (χ0n) is 16.2. The number of aromatic nitrogens is 1. The van der Waals surface area contributed by atoms with Crippen molar-refractivity contribution >= 4 is 27.6 Å². The number of sulfonamides is 1. The number of aliphatic imine (C=N–C) groups is 1. The first-order valence-electron chi connectivity index (χ1n) is 9.24. The molecule has 4 rings (SSSR count). The van der Waals surface area contributed by atoms with Crippen LogP contribution < -0.4 is 11.1 Å². The highest BCUT2D eigenvalue weighted by molar-refractivity contribution is 7.90. The molecule has 0 bridgehead atoms. The van der Waals surface area contributed by atoms with Crippen LogP contribution in [0, 0.1) is 11.6 Å². The van der Waals surface area contributed by atoms with Crippen LogP contribution >= 0.6 is 0 Å². The molecule has 1 amide bonds. The van der Waals surface area contributed by atoms with Crippen LogP contribution in [-0.4, -0.2) is 48.0 Å². The van der Waals surface area contributed by atoms with Gasteiger partial charge in [0, 0.05) is 24.7 Å². The van der Waals surface area contributed by atoms with Crippen molar-refractivity contribution in [3.8, 4) is 0 Å². The van der Waals surface area contributed by atoms with Crippen molar-refractivity contribution < 1.29 is 26.4 Å². The molecule has 3 N–H and O–H groups in total. The molecule has 0 spiro atoms. The van der Waals surface area contributed by atoms with E-state index in [1.54, 1.807) is 0 Å². The number of nitrogens with zero attached hydrogens (tertiary/aromatic N) is 3. The lowest BCUT2D eigenvalue weighted by atomic mass is 9.87. The highest BCUT2D eigenvalue weighted by Crippen LogP contribution is 2.50. The van der Waals surface area contributed by atoms with Crippen molar-refractivity contribution in [1.29, 1.82) is 0 Å². The van der Waals surface area contributed by atoms with Crippen molar-refractivity contribution in [2.75, 3.05) is 12.4 Å². The third-order valence-corrected chi connectivity index (χ3v) is 7.82. The van der Waals surface area contributed by atoms with Gasteiger partial charge in [-0.3, -0.25) is 4.79 Å². The molecule has 12 heteroatoms. The molecule has 1 aliphatic heterocycles. The fraction of sp³-hybridized carbons (Fsp3) is 0.316. The van der Waals surface area contributed by atoms with Crippen LogP contribution in [-0.2, 0) is 15.6 Å². The number of guanidine groups is 1. The van der Waals surface area contributed by atoms with Gasteiger partial charge in [-0.2, -0.15) is 0 Å². The van der Waals surface area contributed by atoms with Gasteiger partial charge in [-0.15, -0.1) is 0 Å². The number of hydrogen-bond acceptors (Lipinski definition) is 6. The van der Waals surface area contributed by atoms with Gasteiger partial charge in [0.25, 0.3) is 5.91 Å². The molecule has 0 saturated heterocycles. The molecular weight excluding hydrogens is 435 g/mol. The Labute approximate surface area is 176 Å². The van der Waals surface area contributed by atoms with E-state index in [0.29, 0.717) is 0 Å². The van der Waals surface area contributed by atoms with Gasteiger partial charge in [0.05, 0.1) is 6.20 Å². The molecule has 1 aromatic heterocycles. The van der Waals surface area contributed by atoms with E-state index in [1.807, 2.05) is 0 Å². The highest BCUT2D eigenvalue weighted by Gasteiger charge is 2.60. The molecule has 164 valence electrons. The Bertz CT molecular complexity index is 1190. The molecule has 2 heterocycles. The van der Waals surface area contributed by atoms with Crippen molar-refractivity contribution in [2.24, 2.45) is 10.7 Å². The number of pyridine rings is 1. The van der Waals surface area contributed by atoms with Crippen LogP contribution in [0.25, 0.3) is 0 Å². The van der Waals surface area contributed by atoms with Crippen LogP contribution in [0.15, 0.2) is 41.5 Å². The van der Waals surface area contributed by atoms with Crippen LogP contribution in [0.2, 0.25) is 0 Å². The Hall–Kier alpha value is -3.15. The summed E-state index contributed by atoms with van der Waals surface area (Å²) in [5, 5.41) is 1.13. The maximum absolute atomic E-state index is 14.9. The standard InChI is InChI=1S/C19H18F3N5O3S/c1-27-18(23)26-19(8-11(21)6-16(19)31(27,29)30)13-7-12(3-4-14(13)22)25-17(28)15-5-2-10(20)9-24-15/h2-5,7,9,11,16H,6,8H2,1H3,(H2,23,26)(H,25,28). The number of nitrogens with two attached hydrogens (primary N) is 1. The molecule has 3 atom stereocenters. The zero-order chi connectivity index (χ0) is 22.6. The van der Waals surface area contributed by atoms with Crippen LogP contribution in [0.5, 0.6) is 0 Å². The minimum Gasteiger partial charge on any atom is -0.369 e. The second-order valence-electron chi connectivity index (χ2n) is 7.44. The number of anilines is 1. The number of alkyl halides is 1. The second-order valence-corrected chi connectivity index (χ2v) is 9.59. The Morgan fingerprint density at radius 3 is 2.71 bits per heavy atom. The van der Waals surface area contributed by atoms with Gasteiger partial charge < -0.3 is 11.1 Å². The monoisotopic (exact) mass is 453 g/mol. The minimum atomic E-state index is -4.09. The van der Waals surface area contributed by atoms with Crippen molar-refractivity contribution in [1.82, 2.24) is 9.29 Å². The summed E-state index contributed by atoms with van der Waals surface area (Å²) in [6.45, 7) is 0. The number of fused-ring (bicyclic) bond motifs is 1. The van der Waals surface area contributed by atoms with Gasteiger partial charge in [-0.25, -0.2) is 35.9 Å². The van der Waals surface area contributed by atoms with E-state index in [1.165, 1.54) is 25.2 Å². The normalized spacial score (nSPS) is 26.8. The van der Waals surface area contributed by atoms with E-state index in [4.69, 9.17) is 5.73 Å². The number of carbonyl (C=O) groups is 1. The molecule has 1 saturated carbocycles. The van der Waals surface area contributed by atoms with Gasteiger partial charge in [0.2, 0.25) is 16.0 Å². The quantitative estimate of drug-likeness (QED) is 0.736. The van der Waals surface area contributed by atoms with E-state index in [2.05, 4.69) is 15.3 Å². The third-order valence-electron chi connectivity index (χ3n) is 5.56. The van der Waals surface area contributed by atoms with Crippen molar-refractivity contribution in [3.05, 3.63) is 59.4 Å². The predicted octanol–water partition coefficient (Wildman–Crippen LogP) is 1.90. The van der Waals surface area contributed by atoms with Gasteiger partial charge in [0.1, 0.15) is 34.3 Å². The zero-order valence-corrected chi connectivity index (χ0v) is 17.0. The Morgan fingerprint density at radius 1 is 1.29 bits per heavy atom. The molecule has 1 aromatic carbocycles. The first-order valence-corrected chi connectivity index (χ1v) is 10.7. The first-order chi connectivity index (χ1) is 14.5. The summed E-state index contributed by atoms with van der Waals surface area (Å²) < 4.78 is 68.9. The fourth-order valence-corrected chi connectivity index (χ4v) is 5.95. The van der Waals surface area contributed by atoms with E-state index in [9.17, 15) is 26.4 Å². The molecule has 31 heavy (non-hydrogen) atoms. The number of carbonyl (C=O) groups excluding carboxylic acids is 1. The smallest absolute Gasteiger partial charge is 0.274 e. The summed E-state index contributed by atoms with van der Waals surface area (Å²) in [6, 6.07) is 5.71. The highest BCUT2D eigenvalue weighted by atomic mass is 32.2. The number of amides is 1. The first kappa shape index (κ1) is 21.1. The molecule has 0 radical (unpaired) electrons. The fourth-order valence-electron chi connectivity index (χ4n) is 4.05. The van der Waals surface area contributed by atoms with Crippen molar-refractivity contribution in [3.63, 3.8) is 0 Å². The number of nitrogens with one attached hydrogen (secondary N) is 1. The molecule has 3 unspecified atom stereocenters. The van der Waals surface area contributed by atoms with Gasteiger partial charge in [-0.05, 0) is 36.8 Å². The topological polar surface area (TPSA) is 118 Å². The lowest BCUT2D eigenvalue weighted by Crippen LogP contribution is -2.55. The summed E-state index contributed by atoms with van der Waals surface area (Å²) in [6.07, 6.45) is -1.41. The Balaban J connectivity index is 1.77.